The fraction of sp³-hybridized carbons (Fsp3) is 0. The first-order valence-corrected chi connectivity index (χ1v) is 2.10. The van der Waals surface area contributed by atoms with E-state index in [1.807, 2.05) is 0 Å². The molecular formula is H6KNaO5S. The fourth-order valence-corrected chi connectivity index (χ4v) is 0. The van der Waals surface area contributed by atoms with Crippen molar-refractivity contribution in [3.05, 3.63) is 0 Å². The van der Waals surface area contributed by atoms with Gasteiger partial charge in [-0.15, -0.1) is 0 Å². The molecule has 0 spiro atoms. The molecule has 0 rings (SSSR count). The summed E-state index contributed by atoms with van der Waals surface area (Å²) in [6.07, 6.45) is 0. The molecule has 0 unspecified atom stereocenters. The first-order chi connectivity index (χ1) is 2.00. The molecule has 8 heteroatoms. The molecule has 0 saturated heterocycles. The van der Waals surface area contributed by atoms with E-state index >= 15 is 0 Å². The molecule has 0 aromatic carbocycles. The quantitative estimate of drug-likeness (QED) is 0.285. The Morgan fingerprint density at radius 3 is 1.25 bits per heavy atom. The standard InChI is InChI=1S/K.Na.H2O4S.H2O.2H/c;;1-5(2,3)4;;;/h;;(H2,1,2,3,4);1H2;;/q2*+1;;;2*-1. The number of hydrogen-bond acceptors (Lipinski definition) is 2. The van der Waals surface area contributed by atoms with Crippen molar-refractivity contribution in [3.63, 3.8) is 0 Å². The predicted molar refractivity (Wildman–Crippen MR) is 20.0 cm³/mol. The van der Waals surface area contributed by atoms with E-state index in [2.05, 4.69) is 0 Å². The average molecular weight is 180 g/mol. The van der Waals surface area contributed by atoms with Crippen LogP contribution in [0.25, 0.3) is 0 Å². The van der Waals surface area contributed by atoms with Crippen LogP contribution in [-0.4, -0.2) is 23.0 Å². The van der Waals surface area contributed by atoms with Crippen LogP contribution in [0, 0.1) is 0 Å². The summed E-state index contributed by atoms with van der Waals surface area (Å²) in [5.74, 6) is 0. The van der Waals surface area contributed by atoms with Crippen molar-refractivity contribution in [1.29, 1.82) is 0 Å². The molecule has 0 radical (unpaired) electrons. The van der Waals surface area contributed by atoms with Gasteiger partial charge in [0, 0.05) is 0 Å². The van der Waals surface area contributed by atoms with Crippen LogP contribution in [0.1, 0.15) is 2.85 Å². The zero-order valence-corrected chi connectivity index (χ0v) is 10.6. The van der Waals surface area contributed by atoms with Crippen LogP contribution in [0.3, 0.4) is 0 Å². The van der Waals surface area contributed by atoms with Gasteiger partial charge in [-0.25, -0.2) is 0 Å². The minimum Gasteiger partial charge on any atom is -1.00 e. The molecule has 8 heavy (non-hydrogen) atoms. The van der Waals surface area contributed by atoms with Gasteiger partial charge in [0.2, 0.25) is 0 Å². The predicted octanol–water partition coefficient (Wildman–Crippen LogP) is -7.24. The van der Waals surface area contributed by atoms with Crippen molar-refractivity contribution in [1.82, 2.24) is 0 Å². The summed E-state index contributed by atoms with van der Waals surface area (Å²) in [5.41, 5.74) is 0. The molecule has 0 heterocycles. The Morgan fingerprint density at radius 1 is 1.25 bits per heavy atom. The molecule has 0 amide bonds. The molecular weight excluding hydrogens is 174 g/mol. The van der Waals surface area contributed by atoms with Crippen molar-refractivity contribution >= 4 is 10.4 Å². The molecule has 0 bridgehead atoms. The molecule has 0 aliphatic carbocycles. The van der Waals surface area contributed by atoms with Crippen molar-refractivity contribution in [2.45, 2.75) is 0 Å². The molecule has 44 valence electrons. The summed E-state index contributed by atoms with van der Waals surface area (Å²) < 4.78 is 31.6. The zero-order valence-electron chi connectivity index (χ0n) is 6.62. The van der Waals surface area contributed by atoms with E-state index in [4.69, 9.17) is 17.5 Å². The first kappa shape index (κ1) is 22.4. The molecule has 0 aromatic heterocycles. The van der Waals surface area contributed by atoms with Gasteiger partial charge in [-0.2, -0.15) is 8.42 Å². The monoisotopic (exact) mass is 180 g/mol. The topological polar surface area (TPSA) is 106 Å². The smallest absolute Gasteiger partial charge is 1.00 e. The summed E-state index contributed by atoms with van der Waals surface area (Å²) in [5, 5.41) is 0. The van der Waals surface area contributed by atoms with Crippen molar-refractivity contribution in [2.75, 3.05) is 0 Å². The summed E-state index contributed by atoms with van der Waals surface area (Å²) >= 11 is 0. The maximum atomic E-state index is 8.74. The zero-order chi connectivity index (χ0) is 4.50. The Bertz CT molecular complexity index is 103. The second kappa shape index (κ2) is 9.47. The van der Waals surface area contributed by atoms with Crippen LogP contribution >= 0.6 is 0 Å². The van der Waals surface area contributed by atoms with Gasteiger partial charge in [0.15, 0.2) is 0 Å². The van der Waals surface area contributed by atoms with Crippen LogP contribution in [0.5, 0.6) is 0 Å². The Morgan fingerprint density at radius 2 is 1.25 bits per heavy atom. The molecule has 0 aliphatic rings. The maximum absolute atomic E-state index is 8.74. The van der Waals surface area contributed by atoms with E-state index in [0.29, 0.717) is 0 Å². The van der Waals surface area contributed by atoms with Gasteiger partial charge in [-0.05, 0) is 0 Å². The van der Waals surface area contributed by atoms with Gasteiger partial charge in [0.05, 0.1) is 0 Å². The average Bonchev–Trinajstić information content (AvgIpc) is 0.722. The number of hydrogen-bond donors (Lipinski definition) is 2. The molecule has 0 fully saturated rings. The minimum absolute atomic E-state index is 0. The van der Waals surface area contributed by atoms with Gasteiger partial charge in [0.25, 0.3) is 0 Å². The normalized spacial score (nSPS) is 7.25. The van der Waals surface area contributed by atoms with E-state index in [0.717, 1.165) is 0 Å². The van der Waals surface area contributed by atoms with Gasteiger partial charge < -0.3 is 8.33 Å². The van der Waals surface area contributed by atoms with E-state index in [9.17, 15) is 0 Å². The SMILES string of the molecule is O.O=S(=O)(O)O.[H-].[H-].[K+].[Na+]. The maximum Gasteiger partial charge on any atom is 1.00 e. The van der Waals surface area contributed by atoms with Gasteiger partial charge >= 0.3 is 91.3 Å². The molecule has 5 nitrogen and oxygen atoms in total. The van der Waals surface area contributed by atoms with E-state index in [1.165, 1.54) is 0 Å². The first-order valence-electron chi connectivity index (χ1n) is 0.698. The fourth-order valence-electron chi connectivity index (χ4n) is 0. The molecule has 0 aromatic rings. The van der Waals surface area contributed by atoms with Gasteiger partial charge in [-0.3, -0.25) is 9.11 Å². The molecule has 4 N–H and O–H groups in total. The Labute approximate surface area is 115 Å². The largest absolute Gasteiger partial charge is 1.00 e. The second-order valence-electron chi connectivity index (χ2n) is 0.448. The Balaban J connectivity index is -0.00000000800. The summed E-state index contributed by atoms with van der Waals surface area (Å²) in [4.78, 5) is 0. The van der Waals surface area contributed by atoms with Crippen molar-refractivity contribution in [3.8, 4) is 0 Å². The Hall–Kier alpha value is 2.47. The third-order valence-corrected chi connectivity index (χ3v) is 0. The summed E-state index contributed by atoms with van der Waals surface area (Å²) in [7, 11) is -4.67. The van der Waals surface area contributed by atoms with E-state index in [1.54, 1.807) is 0 Å². The third kappa shape index (κ3) is 77.6. The van der Waals surface area contributed by atoms with Crippen LogP contribution in [0.15, 0.2) is 0 Å². The number of rotatable bonds is 0. The van der Waals surface area contributed by atoms with Crippen molar-refractivity contribution < 1.29 is 107 Å². The van der Waals surface area contributed by atoms with Crippen LogP contribution < -0.4 is 80.9 Å². The summed E-state index contributed by atoms with van der Waals surface area (Å²) in [6.45, 7) is 0. The molecule has 0 aliphatic heterocycles. The molecule has 0 atom stereocenters. The van der Waals surface area contributed by atoms with Crippen LogP contribution in [0.2, 0.25) is 0 Å². The van der Waals surface area contributed by atoms with E-state index < -0.39 is 10.4 Å². The van der Waals surface area contributed by atoms with Crippen LogP contribution in [0.4, 0.5) is 0 Å². The van der Waals surface area contributed by atoms with Crippen molar-refractivity contribution in [2.24, 2.45) is 0 Å². The van der Waals surface area contributed by atoms with Gasteiger partial charge in [-0.1, -0.05) is 0 Å². The minimum atomic E-state index is -4.67. The Kier molecular flexibility index (Phi) is 26.5. The second-order valence-corrected chi connectivity index (χ2v) is 1.34. The van der Waals surface area contributed by atoms with Gasteiger partial charge in [0.1, 0.15) is 0 Å². The van der Waals surface area contributed by atoms with Crippen LogP contribution in [-0.2, 0) is 10.4 Å². The molecule has 0 saturated carbocycles. The third-order valence-electron chi connectivity index (χ3n) is 0. The summed E-state index contributed by atoms with van der Waals surface area (Å²) in [6, 6.07) is 0. The van der Waals surface area contributed by atoms with E-state index in [-0.39, 0.29) is 89.3 Å².